The highest BCUT2D eigenvalue weighted by atomic mass is 31.1. The summed E-state index contributed by atoms with van der Waals surface area (Å²) in [5.74, 6) is -1.14. The predicted molar refractivity (Wildman–Crippen MR) is 36.3 cm³/mol. The maximum atomic E-state index is 10.1. The second-order valence-electron chi connectivity index (χ2n) is 1.88. The zero-order valence-corrected chi connectivity index (χ0v) is 6.28. The van der Waals surface area contributed by atoms with Crippen LogP contribution in [0.15, 0.2) is 0 Å². The fraction of sp³-hybridized carbons (Fsp3) is 0.750. The normalized spacial score (nSPS) is 16.2. The Morgan fingerprint density at radius 1 is 1.70 bits per heavy atom. The van der Waals surface area contributed by atoms with Gasteiger partial charge < -0.3 is 15.7 Å². The number of carbonyl (C=O) groups is 1. The minimum atomic E-state index is -2.56. The summed E-state index contributed by atoms with van der Waals surface area (Å²) in [5, 5.41) is 8.20. The Hall–Kier alpha value is -0.380. The van der Waals surface area contributed by atoms with Crippen LogP contribution in [0.2, 0.25) is 0 Å². The van der Waals surface area contributed by atoms with E-state index >= 15 is 0 Å². The van der Waals surface area contributed by atoms with Gasteiger partial charge in [0.1, 0.15) is 6.04 Å². The fourth-order valence-electron chi connectivity index (χ4n) is 0.402. The first kappa shape index (κ1) is 9.62. The molecular formula is C4H10NO4P. The molecule has 2 atom stereocenters. The number of aliphatic carboxylic acids is 1. The molecule has 0 saturated carbocycles. The Balaban J connectivity index is 3.49. The van der Waals surface area contributed by atoms with Crippen molar-refractivity contribution in [2.75, 3.05) is 6.16 Å². The highest BCUT2D eigenvalue weighted by molar-refractivity contribution is 7.37. The molecule has 0 spiro atoms. The van der Waals surface area contributed by atoms with E-state index in [4.69, 9.17) is 15.7 Å². The van der Waals surface area contributed by atoms with Gasteiger partial charge in [-0.1, -0.05) is 0 Å². The molecule has 0 fully saturated rings. The standard InChI is InChI=1S/C4H10NO4P/c5-3(4(6)7)1-2-10(8)9/h3,10H,1-2,5H2,(H,6,7)(H,8,9). The number of rotatable bonds is 4. The van der Waals surface area contributed by atoms with Crippen LogP contribution < -0.4 is 5.73 Å². The number of carboxylic acid groups (broad SMARTS) is 1. The topological polar surface area (TPSA) is 101 Å². The van der Waals surface area contributed by atoms with E-state index in [1.54, 1.807) is 0 Å². The average molecular weight is 167 g/mol. The molecule has 0 aliphatic rings. The first-order valence-electron chi connectivity index (χ1n) is 2.74. The van der Waals surface area contributed by atoms with Gasteiger partial charge in [-0.3, -0.25) is 9.36 Å². The Morgan fingerprint density at radius 3 is 2.50 bits per heavy atom. The summed E-state index contributed by atoms with van der Waals surface area (Å²) in [6.45, 7) is 0. The summed E-state index contributed by atoms with van der Waals surface area (Å²) in [5.41, 5.74) is 5.03. The van der Waals surface area contributed by atoms with Crippen LogP contribution in [0.1, 0.15) is 6.42 Å². The molecule has 6 heteroatoms. The van der Waals surface area contributed by atoms with Gasteiger partial charge in [-0.2, -0.15) is 0 Å². The maximum absolute atomic E-state index is 10.1. The van der Waals surface area contributed by atoms with E-state index in [2.05, 4.69) is 0 Å². The molecule has 10 heavy (non-hydrogen) atoms. The quantitative estimate of drug-likeness (QED) is 0.478. The molecule has 0 heterocycles. The van der Waals surface area contributed by atoms with Crippen molar-refractivity contribution in [2.24, 2.45) is 5.73 Å². The fourth-order valence-corrected chi connectivity index (χ4v) is 0.960. The van der Waals surface area contributed by atoms with Crippen molar-refractivity contribution in [3.8, 4) is 0 Å². The summed E-state index contributed by atoms with van der Waals surface area (Å²) >= 11 is 0. The molecule has 0 aliphatic heterocycles. The minimum absolute atomic E-state index is 0.0157. The molecule has 4 N–H and O–H groups in total. The van der Waals surface area contributed by atoms with Gasteiger partial charge in [0.05, 0.1) is 0 Å². The van der Waals surface area contributed by atoms with Crippen LogP contribution in [0.5, 0.6) is 0 Å². The van der Waals surface area contributed by atoms with Gasteiger partial charge >= 0.3 is 5.97 Å². The summed E-state index contributed by atoms with van der Waals surface area (Å²) in [6, 6.07) is -1.01. The van der Waals surface area contributed by atoms with Gasteiger partial charge in [0, 0.05) is 6.16 Å². The van der Waals surface area contributed by atoms with Gasteiger partial charge in [0.15, 0.2) is 8.03 Å². The third kappa shape index (κ3) is 4.49. The Kier molecular flexibility index (Phi) is 4.27. The second-order valence-corrected chi connectivity index (χ2v) is 3.16. The Morgan fingerprint density at radius 2 is 2.20 bits per heavy atom. The van der Waals surface area contributed by atoms with Crippen molar-refractivity contribution in [2.45, 2.75) is 12.5 Å². The van der Waals surface area contributed by atoms with E-state index < -0.39 is 20.0 Å². The van der Waals surface area contributed by atoms with Crippen molar-refractivity contribution in [3.63, 3.8) is 0 Å². The maximum Gasteiger partial charge on any atom is 0.320 e. The van der Waals surface area contributed by atoms with Crippen LogP contribution in [-0.2, 0) is 9.36 Å². The second kappa shape index (κ2) is 4.44. The number of carboxylic acids is 1. The molecule has 2 unspecified atom stereocenters. The van der Waals surface area contributed by atoms with E-state index in [0.717, 1.165) is 0 Å². The number of nitrogens with two attached hydrogens (primary N) is 1. The van der Waals surface area contributed by atoms with E-state index in [-0.39, 0.29) is 12.6 Å². The minimum Gasteiger partial charge on any atom is -0.480 e. The molecule has 0 bridgehead atoms. The molecule has 0 rings (SSSR count). The van der Waals surface area contributed by atoms with E-state index in [0.29, 0.717) is 0 Å². The average Bonchev–Trinajstić information content (AvgIpc) is 1.82. The van der Waals surface area contributed by atoms with Gasteiger partial charge in [-0.05, 0) is 6.42 Å². The van der Waals surface area contributed by atoms with Crippen LogP contribution in [0.25, 0.3) is 0 Å². The largest absolute Gasteiger partial charge is 0.480 e. The van der Waals surface area contributed by atoms with Crippen LogP contribution in [-0.4, -0.2) is 28.2 Å². The van der Waals surface area contributed by atoms with Gasteiger partial charge in [-0.15, -0.1) is 0 Å². The van der Waals surface area contributed by atoms with Crippen LogP contribution in [0, 0.1) is 0 Å². The highest BCUT2D eigenvalue weighted by Gasteiger charge is 2.11. The third-order valence-electron chi connectivity index (χ3n) is 0.986. The van der Waals surface area contributed by atoms with Crippen molar-refractivity contribution < 1.29 is 19.4 Å². The van der Waals surface area contributed by atoms with Crippen LogP contribution in [0.3, 0.4) is 0 Å². The summed E-state index contributed by atoms with van der Waals surface area (Å²) in [6.07, 6.45) is 0.0434. The van der Waals surface area contributed by atoms with E-state index in [9.17, 15) is 9.36 Å². The van der Waals surface area contributed by atoms with Crippen molar-refractivity contribution in [1.82, 2.24) is 0 Å². The van der Waals surface area contributed by atoms with E-state index in [1.165, 1.54) is 0 Å². The number of hydrogen-bond donors (Lipinski definition) is 3. The summed E-state index contributed by atoms with van der Waals surface area (Å²) < 4.78 is 10.1. The molecule has 0 aromatic rings. The molecule has 5 nitrogen and oxygen atoms in total. The van der Waals surface area contributed by atoms with Gasteiger partial charge in [0.25, 0.3) is 0 Å². The summed E-state index contributed by atoms with van der Waals surface area (Å²) in [7, 11) is -2.56. The summed E-state index contributed by atoms with van der Waals surface area (Å²) in [4.78, 5) is 18.3. The smallest absolute Gasteiger partial charge is 0.320 e. The molecule has 60 valence electrons. The molecule has 0 radical (unpaired) electrons. The van der Waals surface area contributed by atoms with Crippen LogP contribution in [0.4, 0.5) is 0 Å². The lowest BCUT2D eigenvalue weighted by atomic mass is 10.2. The molecule has 0 amide bonds. The molecule has 0 aromatic heterocycles. The van der Waals surface area contributed by atoms with E-state index in [1.807, 2.05) is 0 Å². The van der Waals surface area contributed by atoms with Crippen molar-refractivity contribution in [1.29, 1.82) is 0 Å². The van der Waals surface area contributed by atoms with Gasteiger partial charge in [0.2, 0.25) is 0 Å². The Labute approximate surface area is 58.7 Å². The van der Waals surface area contributed by atoms with Gasteiger partial charge in [-0.25, -0.2) is 0 Å². The molecular weight excluding hydrogens is 157 g/mol. The monoisotopic (exact) mass is 167 g/mol. The number of hydrogen-bond acceptors (Lipinski definition) is 3. The lowest BCUT2D eigenvalue weighted by molar-refractivity contribution is -0.138. The molecule has 0 aliphatic carbocycles. The first-order valence-corrected chi connectivity index (χ1v) is 4.30. The SMILES string of the molecule is NC(CC[PH](=O)O)C(=O)O. The highest BCUT2D eigenvalue weighted by Crippen LogP contribution is 2.14. The van der Waals surface area contributed by atoms with Crippen LogP contribution >= 0.6 is 8.03 Å². The zero-order valence-electron chi connectivity index (χ0n) is 5.28. The lowest BCUT2D eigenvalue weighted by Gasteiger charge is -2.02. The van der Waals surface area contributed by atoms with Crippen molar-refractivity contribution in [3.05, 3.63) is 0 Å². The Bertz CT molecular complexity index is 148. The molecule has 0 saturated heterocycles. The van der Waals surface area contributed by atoms with Crippen molar-refractivity contribution >= 4 is 14.0 Å². The third-order valence-corrected chi connectivity index (χ3v) is 1.70. The lowest BCUT2D eigenvalue weighted by Crippen LogP contribution is -2.30. The zero-order chi connectivity index (χ0) is 8.15. The predicted octanol–water partition coefficient (Wildman–Crippen LogP) is -0.745. The first-order chi connectivity index (χ1) is 4.54. The molecule has 0 aromatic carbocycles.